The fourth-order valence-electron chi connectivity index (χ4n) is 1.18. The summed E-state index contributed by atoms with van der Waals surface area (Å²) < 4.78 is 5.56. The fraction of sp³-hybridized carbons (Fsp3) is 0.400. The zero-order valence-electron chi connectivity index (χ0n) is 8.14. The summed E-state index contributed by atoms with van der Waals surface area (Å²) in [5, 5.41) is 1.33. The molecular weight excluding hydrogens is 306 g/mol. The molecule has 70 valence electrons. The van der Waals surface area contributed by atoms with Gasteiger partial charge in [-0.3, -0.25) is 0 Å². The van der Waals surface area contributed by atoms with Crippen LogP contribution in [0.25, 0.3) is 0 Å². The number of hydrogen-bond donors (Lipinski definition) is 0. The molecule has 0 aliphatic heterocycles. The summed E-state index contributed by atoms with van der Waals surface area (Å²) in [5.74, 6) is 0. The van der Waals surface area contributed by atoms with Crippen LogP contribution in [0, 0.1) is 0 Å². The third-order valence-electron chi connectivity index (χ3n) is 2.47. The quantitative estimate of drug-likeness (QED) is 0.758. The maximum atomic E-state index is 5.95. The Morgan fingerprint density at radius 1 is 1.15 bits per heavy atom. The van der Waals surface area contributed by atoms with E-state index >= 15 is 0 Å². The van der Waals surface area contributed by atoms with Gasteiger partial charge in [-0.15, -0.1) is 0 Å². The molecule has 0 aliphatic rings. The van der Waals surface area contributed by atoms with Gasteiger partial charge in [0.25, 0.3) is 0 Å². The minimum atomic E-state index is -1.27. The molecule has 0 spiro atoms. The molecule has 3 heteroatoms. The van der Waals surface area contributed by atoms with Crippen LogP contribution in [0.1, 0.15) is 16.2 Å². The van der Waals surface area contributed by atoms with E-state index in [4.69, 9.17) is 23.2 Å². The SMILES string of the molecule is C[CH](c1ccc(Cl)c(Cl)c1)[In]([CH3])[CH3]. The molecule has 0 fully saturated rings. The van der Waals surface area contributed by atoms with Crippen molar-refractivity contribution in [3.8, 4) is 0 Å². The summed E-state index contributed by atoms with van der Waals surface area (Å²) in [5.41, 5.74) is 1.35. The van der Waals surface area contributed by atoms with Crippen molar-refractivity contribution in [1.82, 2.24) is 0 Å². The summed E-state index contributed by atoms with van der Waals surface area (Å²) in [6, 6.07) is 5.99. The van der Waals surface area contributed by atoms with Crippen LogP contribution < -0.4 is 0 Å². The average molecular weight is 319 g/mol. The molecule has 0 aromatic heterocycles. The zero-order chi connectivity index (χ0) is 10.0. The Kier molecular flexibility index (Phi) is 4.47. The summed E-state index contributed by atoms with van der Waals surface area (Å²) in [4.78, 5) is 0. The van der Waals surface area contributed by atoms with Gasteiger partial charge in [-0.2, -0.15) is 0 Å². The van der Waals surface area contributed by atoms with Gasteiger partial charge in [0, 0.05) is 0 Å². The Morgan fingerprint density at radius 3 is 2.23 bits per heavy atom. The van der Waals surface area contributed by atoms with Gasteiger partial charge in [0.05, 0.1) is 0 Å². The monoisotopic (exact) mass is 318 g/mol. The van der Waals surface area contributed by atoms with Gasteiger partial charge in [-0.1, -0.05) is 0 Å². The van der Waals surface area contributed by atoms with Crippen molar-refractivity contribution in [2.75, 3.05) is 0 Å². The zero-order valence-corrected chi connectivity index (χ0v) is 13.0. The molecule has 0 nitrogen and oxygen atoms in total. The molecule has 1 atom stereocenters. The minimum absolute atomic E-state index is 0.650. The fourth-order valence-corrected chi connectivity index (χ4v) is 4.28. The molecule has 1 aromatic carbocycles. The summed E-state index contributed by atoms with van der Waals surface area (Å²) in [7, 11) is 0. The van der Waals surface area contributed by atoms with Crippen LogP contribution in [-0.2, 0) is 0 Å². The first kappa shape index (κ1) is 11.7. The molecule has 1 unspecified atom stereocenters. The van der Waals surface area contributed by atoms with Crippen molar-refractivity contribution in [3.05, 3.63) is 33.8 Å². The van der Waals surface area contributed by atoms with E-state index in [9.17, 15) is 0 Å². The van der Waals surface area contributed by atoms with Crippen LogP contribution in [0.2, 0.25) is 19.4 Å². The summed E-state index contributed by atoms with van der Waals surface area (Å²) in [6.45, 7) is 2.29. The molecule has 0 radical (unpaired) electrons. The van der Waals surface area contributed by atoms with E-state index < -0.39 is 21.4 Å². The number of hydrogen-bond acceptors (Lipinski definition) is 0. The van der Waals surface area contributed by atoms with Crippen LogP contribution >= 0.6 is 23.2 Å². The van der Waals surface area contributed by atoms with Crippen molar-refractivity contribution in [3.63, 3.8) is 0 Å². The van der Waals surface area contributed by atoms with E-state index in [0.29, 0.717) is 10.0 Å². The van der Waals surface area contributed by atoms with E-state index in [-0.39, 0.29) is 0 Å². The molecule has 1 aromatic rings. The Labute approximate surface area is 97.8 Å². The van der Waals surface area contributed by atoms with E-state index in [1.165, 1.54) is 5.56 Å². The van der Waals surface area contributed by atoms with Gasteiger partial charge < -0.3 is 0 Å². The molecular formula is C10H13Cl2In. The van der Waals surface area contributed by atoms with Crippen molar-refractivity contribution < 1.29 is 0 Å². The van der Waals surface area contributed by atoms with Crippen LogP contribution in [0.15, 0.2) is 18.2 Å². The van der Waals surface area contributed by atoms with Crippen molar-refractivity contribution in [1.29, 1.82) is 0 Å². The van der Waals surface area contributed by atoms with Gasteiger partial charge in [-0.05, 0) is 0 Å². The molecule has 0 amide bonds. The van der Waals surface area contributed by atoms with E-state index in [1.807, 2.05) is 12.1 Å². The second-order valence-corrected chi connectivity index (χ2v) is 14.5. The van der Waals surface area contributed by atoms with Crippen molar-refractivity contribution in [2.45, 2.75) is 20.0 Å². The Bertz CT molecular complexity index is 297. The molecule has 0 N–H and O–H groups in total. The summed E-state index contributed by atoms with van der Waals surface area (Å²) in [6.07, 6.45) is 0. The topological polar surface area (TPSA) is 0 Å². The molecule has 13 heavy (non-hydrogen) atoms. The second kappa shape index (κ2) is 4.95. The van der Waals surface area contributed by atoms with E-state index in [2.05, 4.69) is 22.4 Å². The maximum absolute atomic E-state index is 5.95. The van der Waals surface area contributed by atoms with Crippen LogP contribution in [0.3, 0.4) is 0 Å². The molecule has 0 aliphatic carbocycles. The molecule has 0 saturated heterocycles. The third kappa shape index (κ3) is 3.07. The predicted molar refractivity (Wildman–Crippen MR) is 62.4 cm³/mol. The standard InChI is InChI=1S/C8H7Cl2.2CH3.In/c1-2-6-3-4-7(9)8(10)5-6;;;/h2-5H,1H3;2*1H3;. The van der Waals surface area contributed by atoms with Gasteiger partial charge in [-0.25, -0.2) is 0 Å². The molecule has 0 heterocycles. The van der Waals surface area contributed by atoms with Crippen LogP contribution in [0.4, 0.5) is 0 Å². The first-order chi connectivity index (χ1) is 6.02. The van der Waals surface area contributed by atoms with Crippen LogP contribution in [-0.4, -0.2) is 21.4 Å². The average Bonchev–Trinajstić information content (AvgIpc) is 2.08. The normalized spacial score (nSPS) is 12.7. The van der Waals surface area contributed by atoms with Crippen LogP contribution in [0.5, 0.6) is 0 Å². The molecule has 1 rings (SSSR count). The van der Waals surface area contributed by atoms with E-state index in [1.54, 1.807) is 0 Å². The molecule has 0 bridgehead atoms. The van der Waals surface area contributed by atoms with Gasteiger partial charge in [0.1, 0.15) is 0 Å². The first-order valence-corrected chi connectivity index (χ1v) is 13.7. The van der Waals surface area contributed by atoms with Crippen molar-refractivity contribution >= 4 is 44.6 Å². The Hall–Kier alpha value is 0.670. The first-order valence-electron chi connectivity index (χ1n) is 4.47. The number of benzene rings is 1. The Morgan fingerprint density at radius 2 is 1.77 bits per heavy atom. The third-order valence-corrected chi connectivity index (χ3v) is 10.0. The van der Waals surface area contributed by atoms with Gasteiger partial charge >= 0.3 is 98.4 Å². The molecule has 0 saturated carbocycles. The predicted octanol–water partition coefficient (Wildman–Crippen LogP) is 4.39. The summed E-state index contributed by atoms with van der Waals surface area (Å²) >= 11 is 10.5. The Balaban J connectivity index is 2.97. The van der Waals surface area contributed by atoms with Gasteiger partial charge in [0.15, 0.2) is 0 Å². The second-order valence-electron chi connectivity index (χ2n) is 3.71. The van der Waals surface area contributed by atoms with E-state index in [0.717, 1.165) is 3.67 Å². The van der Waals surface area contributed by atoms with Gasteiger partial charge in [0.2, 0.25) is 0 Å². The van der Waals surface area contributed by atoms with Crippen molar-refractivity contribution in [2.24, 2.45) is 0 Å². The number of halogens is 2. The number of rotatable bonds is 2.